The number of aromatic nitrogens is 1. The topological polar surface area (TPSA) is 40.5 Å². The molecule has 4 heteroatoms. The molecule has 1 unspecified atom stereocenters. The van der Waals surface area contributed by atoms with Crippen LogP contribution in [0.3, 0.4) is 0 Å². The fourth-order valence-corrected chi connectivity index (χ4v) is 5.52. The zero-order chi connectivity index (χ0) is 18.4. The summed E-state index contributed by atoms with van der Waals surface area (Å²) in [5, 5.41) is 1.29. The van der Waals surface area contributed by atoms with Gasteiger partial charge in [0.1, 0.15) is 0 Å². The number of esters is 1. The average Bonchev–Trinajstić information content (AvgIpc) is 3.00. The molecule has 5 rings (SSSR count). The predicted molar refractivity (Wildman–Crippen MR) is 105 cm³/mol. The van der Waals surface area contributed by atoms with Gasteiger partial charge in [-0.3, -0.25) is 0 Å². The van der Waals surface area contributed by atoms with Crippen molar-refractivity contribution in [2.24, 2.45) is 11.8 Å². The van der Waals surface area contributed by atoms with Crippen molar-refractivity contribution in [2.45, 2.75) is 57.4 Å². The minimum atomic E-state index is -0.237. The van der Waals surface area contributed by atoms with Gasteiger partial charge in [-0.2, -0.15) is 0 Å². The van der Waals surface area contributed by atoms with Crippen molar-refractivity contribution in [3.63, 3.8) is 0 Å². The summed E-state index contributed by atoms with van der Waals surface area (Å²) in [6.45, 7) is 1.84. The summed E-state index contributed by atoms with van der Waals surface area (Å²) in [7, 11) is 1.46. The van der Waals surface area contributed by atoms with Crippen molar-refractivity contribution < 1.29 is 14.3 Å². The van der Waals surface area contributed by atoms with Crippen LogP contribution < -0.4 is 0 Å². The van der Waals surface area contributed by atoms with Gasteiger partial charge in [-0.15, -0.1) is 0 Å². The molecule has 1 aromatic heterocycles. The van der Waals surface area contributed by atoms with Crippen LogP contribution >= 0.6 is 0 Å². The summed E-state index contributed by atoms with van der Waals surface area (Å²) in [6, 6.07) is 6.83. The van der Waals surface area contributed by atoms with Crippen LogP contribution in [0.25, 0.3) is 10.9 Å². The SMILES string of the molecule is COC(=O)c1ccc2c(c1)c1c(n2C2CCC2)CCC(C2CCOCC2)C1. The van der Waals surface area contributed by atoms with E-state index < -0.39 is 0 Å². The van der Waals surface area contributed by atoms with E-state index in [0.717, 1.165) is 31.5 Å². The predicted octanol–water partition coefficient (Wildman–Crippen LogP) is 4.68. The molecule has 0 radical (unpaired) electrons. The zero-order valence-corrected chi connectivity index (χ0v) is 16.2. The van der Waals surface area contributed by atoms with Gasteiger partial charge in [-0.05, 0) is 87.0 Å². The highest BCUT2D eigenvalue weighted by Gasteiger charge is 2.33. The second-order valence-electron chi connectivity index (χ2n) is 8.56. The summed E-state index contributed by atoms with van der Waals surface area (Å²) in [5.74, 6) is 1.31. The van der Waals surface area contributed by atoms with E-state index in [2.05, 4.69) is 16.7 Å². The van der Waals surface area contributed by atoms with Gasteiger partial charge >= 0.3 is 5.97 Å². The standard InChI is InChI=1S/C23H29NO3/c1-26-23(25)17-6-8-22-20(14-17)19-13-16(15-9-11-27-12-10-15)5-7-21(19)24(22)18-3-2-4-18/h6,8,14-16,18H,2-5,7,9-13H2,1H3. The summed E-state index contributed by atoms with van der Waals surface area (Å²) in [6.07, 6.45) is 9.95. The number of hydrogen-bond acceptors (Lipinski definition) is 3. The molecular formula is C23H29NO3. The van der Waals surface area contributed by atoms with E-state index in [0.29, 0.717) is 11.6 Å². The fourth-order valence-electron chi connectivity index (χ4n) is 5.52. The molecule has 0 bridgehead atoms. The molecule has 2 fully saturated rings. The average molecular weight is 367 g/mol. The number of ether oxygens (including phenoxy) is 2. The first-order valence-electron chi connectivity index (χ1n) is 10.6. The monoisotopic (exact) mass is 367 g/mol. The second kappa shape index (κ2) is 6.97. The molecule has 0 amide bonds. The number of fused-ring (bicyclic) bond motifs is 3. The highest BCUT2D eigenvalue weighted by atomic mass is 16.5. The normalized spacial score (nSPS) is 23.8. The van der Waals surface area contributed by atoms with Gasteiger partial charge in [-0.25, -0.2) is 4.79 Å². The number of methoxy groups -OCH3 is 1. The van der Waals surface area contributed by atoms with E-state index in [-0.39, 0.29) is 5.97 Å². The number of carbonyl (C=O) groups is 1. The Morgan fingerprint density at radius 3 is 2.63 bits per heavy atom. The lowest BCUT2D eigenvalue weighted by Crippen LogP contribution is -2.29. The van der Waals surface area contributed by atoms with Gasteiger partial charge in [0.25, 0.3) is 0 Å². The van der Waals surface area contributed by atoms with Gasteiger partial charge in [0, 0.05) is 35.9 Å². The Balaban J connectivity index is 1.57. The molecule has 1 aliphatic heterocycles. The van der Waals surface area contributed by atoms with Crippen molar-refractivity contribution in [3.05, 3.63) is 35.0 Å². The molecule has 2 heterocycles. The molecule has 144 valence electrons. The van der Waals surface area contributed by atoms with Crippen molar-refractivity contribution in [3.8, 4) is 0 Å². The zero-order valence-electron chi connectivity index (χ0n) is 16.2. The van der Waals surface area contributed by atoms with Crippen LogP contribution in [0.4, 0.5) is 0 Å². The van der Waals surface area contributed by atoms with Crippen molar-refractivity contribution >= 4 is 16.9 Å². The van der Waals surface area contributed by atoms with Crippen LogP contribution in [0.15, 0.2) is 18.2 Å². The van der Waals surface area contributed by atoms with Crippen LogP contribution in [-0.2, 0) is 22.3 Å². The van der Waals surface area contributed by atoms with E-state index in [4.69, 9.17) is 9.47 Å². The summed E-state index contributed by atoms with van der Waals surface area (Å²) < 4.78 is 13.2. The molecule has 1 saturated heterocycles. The maximum absolute atomic E-state index is 12.1. The molecule has 0 N–H and O–H groups in total. The third kappa shape index (κ3) is 2.89. The molecule has 1 atom stereocenters. The lowest BCUT2D eigenvalue weighted by atomic mass is 9.75. The lowest BCUT2D eigenvalue weighted by Gasteiger charge is -2.35. The first kappa shape index (κ1) is 17.3. The number of carbonyl (C=O) groups excluding carboxylic acids is 1. The highest BCUT2D eigenvalue weighted by Crippen LogP contribution is 2.44. The Labute approximate surface area is 160 Å². The maximum atomic E-state index is 12.1. The van der Waals surface area contributed by atoms with Gasteiger partial charge in [0.15, 0.2) is 0 Å². The quantitative estimate of drug-likeness (QED) is 0.739. The van der Waals surface area contributed by atoms with Crippen LogP contribution in [0.5, 0.6) is 0 Å². The third-order valence-electron chi connectivity index (χ3n) is 7.23. The fraction of sp³-hybridized carbons (Fsp3) is 0.609. The molecule has 27 heavy (non-hydrogen) atoms. The molecule has 1 saturated carbocycles. The lowest BCUT2D eigenvalue weighted by molar-refractivity contribution is 0.0438. The Bertz CT molecular complexity index is 858. The first-order valence-corrected chi connectivity index (χ1v) is 10.6. The van der Waals surface area contributed by atoms with Crippen LogP contribution in [-0.4, -0.2) is 30.9 Å². The number of hydrogen-bond donors (Lipinski definition) is 0. The second-order valence-corrected chi connectivity index (χ2v) is 8.56. The molecule has 3 aliphatic rings. The summed E-state index contributed by atoms with van der Waals surface area (Å²) in [5.41, 5.74) is 5.04. The van der Waals surface area contributed by atoms with Gasteiger partial charge in [-0.1, -0.05) is 0 Å². The molecule has 4 nitrogen and oxygen atoms in total. The number of rotatable bonds is 3. The van der Waals surface area contributed by atoms with Gasteiger partial charge in [0.05, 0.1) is 12.7 Å². The van der Waals surface area contributed by atoms with E-state index in [9.17, 15) is 4.79 Å². The van der Waals surface area contributed by atoms with E-state index in [1.807, 2.05) is 6.07 Å². The molecule has 1 aromatic carbocycles. The van der Waals surface area contributed by atoms with Crippen LogP contribution in [0.1, 0.15) is 66.2 Å². The maximum Gasteiger partial charge on any atom is 0.337 e. The van der Waals surface area contributed by atoms with Crippen LogP contribution in [0.2, 0.25) is 0 Å². The van der Waals surface area contributed by atoms with E-state index in [1.165, 1.54) is 68.5 Å². The van der Waals surface area contributed by atoms with E-state index >= 15 is 0 Å². The largest absolute Gasteiger partial charge is 0.465 e. The minimum Gasteiger partial charge on any atom is -0.465 e. The van der Waals surface area contributed by atoms with E-state index in [1.54, 1.807) is 5.69 Å². The molecule has 2 aliphatic carbocycles. The molecule has 2 aromatic rings. The molecular weight excluding hydrogens is 338 g/mol. The summed E-state index contributed by atoms with van der Waals surface area (Å²) >= 11 is 0. The number of nitrogens with zero attached hydrogens (tertiary/aromatic N) is 1. The first-order chi connectivity index (χ1) is 13.3. The Kier molecular flexibility index (Phi) is 4.47. The van der Waals surface area contributed by atoms with Crippen molar-refractivity contribution in [1.29, 1.82) is 0 Å². The van der Waals surface area contributed by atoms with Gasteiger partial charge in [0.2, 0.25) is 0 Å². The smallest absolute Gasteiger partial charge is 0.337 e. The minimum absolute atomic E-state index is 0.237. The Morgan fingerprint density at radius 2 is 1.93 bits per heavy atom. The van der Waals surface area contributed by atoms with Crippen LogP contribution in [0, 0.1) is 11.8 Å². The Morgan fingerprint density at radius 1 is 1.11 bits per heavy atom. The van der Waals surface area contributed by atoms with Crippen molar-refractivity contribution in [1.82, 2.24) is 4.57 Å². The third-order valence-corrected chi connectivity index (χ3v) is 7.23. The van der Waals surface area contributed by atoms with Crippen molar-refractivity contribution in [2.75, 3.05) is 20.3 Å². The Hall–Kier alpha value is -1.81. The highest BCUT2D eigenvalue weighted by molar-refractivity contribution is 5.96. The van der Waals surface area contributed by atoms with Gasteiger partial charge < -0.3 is 14.0 Å². The molecule has 0 spiro atoms. The number of benzene rings is 1. The summed E-state index contributed by atoms with van der Waals surface area (Å²) in [4.78, 5) is 12.1.